The fourth-order valence-electron chi connectivity index (χ4n) is 10.0. The Kier molecular flexibility index (Phi) is 7.41. The fraction of sp³-hybridized carbons (Fsp3) is 0.0909. The highest BCUT2D eigenvalue weighted by molar-refractivity contribution is 6.04. The molecule has 8 aromatic carbocycles. The molecule has 56 heavy (non-hydrogen) atoms. The highest BCUT2D eigenvalue weighted by Gasteiger charge is 2.45. The molecule has 0 fully saturated rings. The Hall–Kier alpha value is -6.70. The summed E-state index contributed by atoms with van der Waals surface area (Å²) in [6, 6.07) is 67.4. The van der Waals surface area contributed by atoms with Gasteiger partial charge < -0.3 is 4.90 Å². The topological polar surface area (TPSA) is 3.24 Å². The van der Waals surface area contributed by atoms with Crippen molar-refractivity contribution in [1.82, 2.24) is 0 Å². The lowest BCUT2D eigenvalue weighted by atomic mass is 9.74. The van der Waals surface area contributed by atoms with Crippen LogP contribution < -0.4 is 4.90 Å². The standard InChI is InChI=1S/C55H41N/c1-55(2)53-25-12-11-23-50(53)51-33-31-40(35-54(51)55)56(38-28-26-37(27-29-38)42-24-13-15-36-14-3-4-16-41(36)42)39-30-32-49-47-21-8-7-19-45(47)43-17-5-6-18-44(43)46-20-9-10-22-48(46)52(49)34-39/h3-35,51,54H,1-2H3. The van der Waals surface area contributed by atoms with E-state index in [0.29, 0.717) is 11.8 Å². The number of rotatable bonds is 4. The molecule has 1 heteroatoms. The third kappa shape index (κ3) is 5.01. The van der Waals surface area contributed by atoms with Crippen LogP contribution in [-0.4, -0.2) is 0 Å². The molecule has 0 heterocycles. The molecule has 0 amide bonds. The molecule has 0 saturated heterocycles. The molecule has 0 radical (unpaired) electrons. The van der Waals surface area contributed by atoms with Crippen molar-refractivity contribution in [2.45, 2.75) is 25.2 Å². The average molecular weight is 716 g/mol. The largest absolute Gasteiger partial charge is 0.311 e. The van der Waals surface area contributed by atoms with E-state index in [0.717, 1.165) is 11.4 Å². The summed E-state index contributed by atoms with van der Waals surface area (Å²) in [5, 5.41) is 2.53. The minimum absolute atomic E-state index is 0.00320. The van der Waals surface area contributed by atoms with Crippen molar-refractivity contribution in [3.63, 3.8) is 0 Å². The lowest BCUT2D eigenvalue weighted by molar-refractivity contribution is 0.392. The third-order valence-electron chi connectivity index (χ3n) is 12.7. The van der Waals surface area contributed by atoms with E-state index in [4.69, 9.17) is 0 Å². The molecule has 3 aliphatic rings. The number of fused-ring (bicyclic) bond motifs is 12. The minimum atomic E-state index is 0.00320. The van der Waals surface area contributed by atoms with E-state index < -0.39 is 0 Å². The first-order chi connectivity index (χ1) is 27.5. The van der Waals surface area contributed by atoms with Gasteiger partial charge in [0, 0.05) is 23.0 Å². The smallest absolute Gasteiger partial charge is 0.0468 e. The normalized spacial score (nSPS) is 16.9. The molecule has 0 aliphatic heterocycles. The third-order valence-corrected chi connectivity index (χ3v) is 12.7. The van der Waals surface area contributed by atoms with E-state index in [9.17, 15) is 0 Å². The van der Waals surface area contributed by atoms with Crippen LogP contribution in [0.4, 0.5) is 11.4 Å². The zero-order valence-corrected chi connectivity index (χ0v) is 31.7. The fourth-order valence-corrected chi connectivity index (χ4v) is 10.0. The molecular weight excluding hydrogens is 675 g/mol. The van der Waals surface area contributed by atoms with Crippen LogP contribution in [0.15, 0.2) is 206 Å². The van der Waals surface area contributed by atoms with Crippen LogP contribution in [0.2, 0.25) is 0 Å². The number of hydrogen-bond donors (Lipinski definition) is 0. The van der Waals surface area contributed by atoms with Crippen LogP contribution in [0.1, 0.15) is 30.9 Å². The lowest BCUT2D eigenvalue weighted by Crippen LogP contribution is -2.28. The summed E-state index contributed by atoms with van der Waals surface area (Å²) >= 11 is 0. The van der Waals surface area contributed by atoms with Crippen LogP contribution in [-0.2, 0) is 5.41 Å². The van der Waals surface area contributed by atoms with Crippen LogP contribution >= 0.6 is 0 Å². The second-order valence-corrected chi connectivity index (χ2v) is 16.1. The quantitative estimate of drug-likeness (QED) is 0.175. The van der Waals surface area contributed by atoms with E-state index in [-0.39, 0.29) is 5.41 Å². The van der Waals surface area contributed by atoms with Gasteiger partial charge in [-0.2, -0.15) is 0 Å². The highest BCUT2D eigenvalue weighted by atomic mass is 15.1. The molecular formula is C55H41N. The van der Waals surface area contributed by atoms with E-state index in [1.807, 2.05) is 0 Å². The van der Waals surface area contributed by atoms with Crippen molar-refractivity contribution in [3.05, 3.63) is 217 Å². The Labute approximate surface area is 329 Å². The van der Waals surface area contributed by atoms with Gasteiger partial charge in [0.2, 0.25) is 0 Å². The van der Waals surface area contributed by atoms with E-state index in [2.05, 4.69) is 219 Å². The number of anilines is 2. The Bertz CT molecular complexity index is 2890. The molecule has 11 rings (SSSR count). The molecule has 0 bridgehead atoms. The predicted molar refractivity (Wildman–Crippen MR) is 236 cm³/mol. The zero-order valence-electron chi connectivity index (χ0n) is 31.7. The predicted octanol–water partition coefficient (Wildman–Crippen LogP) is 14.8. The maximum atomic E-state index is 2.56. The Morgan fingerprint density at radius 2 is 0.964 bits per heavy atom. The van der Waals surface area contributed by atoms with E-state index >= 15 is 0 Å². The van der Waals surface area contributed by atoms with Crippen molar-refractivity contribution in [2.75, 3.05) is 4.90 Å². The Balaban J connectivity index is 1.11. The van der Waals surface area contributed by atoms with E-state index in [1.54, 1.807) is 0 Å². The van der Waals surface area contributed by atoms with Crippen molar-refractivity contribution in [3.8, 4) is 55.6 Å². The van der Waals surface area contributed by atoms with Gasteiger partial charge in [0.15, 0.2) is 0 Å². The Morgan fingerprint density at radius 3 is 1.64 bits per heavy atom. The van der Waals surface area contributed by atoms with Crippen molar-refractivity contribution in [2.24, 2.45) is 5.92 Å². The van der Waals surface area contributed by atoms with Gasteiger partial charge in [0.05, 0.1) is 0 Å². The van der Waals surface area contributed by atoms with Crippen molar-refractivity contribution < 1.29 is 0 Å². The van der Waals surface area contributed by atoms with Crippen LogP contribution in [0.3, 0.4) is 0 Å². The highest BCUT2D eigenvalue weighted by Crippen LogP contribution is 2.55. The monoisotopic (exact) mass is 715 g/mol. The first-order valence-electron chi connectivity index (χ1n) is 19.8. The average Bonchev–Trinajstić information content (AvgIpc) is 3.48. The maximum absolute atomic E-state index is 2.56. The van der Waals surface area contributed by atoms with Crippen LogP contribution in [0.5, 0.6) is 0 Å². The summed E-state index contributed by atoms with van der Waals surface area (Å²) < 4.78 is 0. The molecule has 0 saturated carbocycles. The van der Waals surface area contributed by atoms with Gasteiger partial charge in [-0.05, 0) is 119 Å². The van der Waals surface area contributed by atoms with Gasteiger partial charge in [-0.15, -0.1) is 0 Å². The van der Waals surface area contributed by atoms with Gasteiger partial charge in [0.25, 0.3) is 0 Å². The van der Waals surface area contributed by atoms with Crippen LogP contribution in [0.25, 0.3) is 66.4 Å². The van der Waals surface area contributed by atoms with Gasteiger partial charge in [0.1, 0.15) is 0 Å². The SMILES string of the molecule is CC1(C)c2ccccc2C2C=CC(N(c3ccc(-c4cccc5ccccc45)cc3)c3ccc4c(c3)-c3ccccc3-c3ccccc3-c3ccccc3-4)=CC21. The van der Waals surface area contributed by atoms with Gasteiger partial charge >= 0.3 is 0 Å². The lowest BCUT2D eigenvalue weighted by Gasteiger charge is -2.35. The Morgan fingerprint density at radius 1 is 0.446 bits per heavy atom. The summed E-state index contributed by atoms with van der Waals surface area (Å²) in [5.74, 6) is 0.700. The van der Waals surface area contributed by atoms with Crippen molar-refractivity contribution in [1.29, 1.82) is 0 Å². The molecule has 0 aromatic heterocycles. The van der Waals surface area contributed by atoms with Crippen molar-refractivity contribution >= 4 is 22.1 Å². The molecule has 2 atom stereocenters. The molecule has 2 unspecified atom stereocenters. The van der Waals surface area contributed by atoms with Gasteiger partial charge in [-0.3, -0.25) is 0 Å². The first-order valence-corrected chi connectivity index (χ1v) is 19.8. The molecule has 0 N–H and O–H groups in total. The summed E-state index contributed by atoms with van der Waals surface area (Å²) in [5.41, 5.74) is 18.9. The van der Waals surface area contributed by atoms with E-state index in [1.165, 1.54) is 83.2 Å². The summed E-state index contributed by atoms with van der Waals surface area (Å²) in [4.78, 5) is 2.49. The van der Waals surface area contributed by atoms with Gasteiger partial charge in [-0.1, -0.05) is 184 Å². The first kappa shape index (κ1) is 32.7. The molecule has 0 spiro atoms. The molecule has 3 aliphatic carbocycles. The molecule has 8 aromatic rings. The minimum Gasteiger partial charge on any atom is -0.311 e. The summed E-state index contributed by atoms with van der Waals surface area (Å²) in [6.45, 7) is 4.84. The molecule has 1 nitrogen and oxygen atoms in total. The van der Waals surface area contributed by atoms with Crippen LogP contribution in [0, 0.1) is 5.92 Å². The second kappa shape index (κ2) is 12.7. The zero-order chi connectivity index (χ0) is 37.4. The number of nitrogens with zero attached hydrogens (tertiary/aromatic N) is 1. The second-order valence-electron chi connectivity index (χ2n) is 16.1. The maximum Gasteiger partial charge on any atom is 0.0468 e. The summed E-state index contributed by atoms with van der Waals surface area (Å²) in [6.07, 6.45) is 7.38. The number of allylic oxidation sites excluding steroid dienone is 3. The molecule has 266 valence electrons. The number of benzene rings is 8. The number of hydrogen-bond acceptors (Lipinski definition) is 1. The summed E-state index contributed by atoms with van der Waals surface area (Å²) in [7, 11) is 0. The van der Waals surface area contributed by atoms with Gasteiger partial charge in [-0.25, -0.2) is 0 Å².